The van der Waals surface area contributed by atoms with Gasteiger partial charge in [0.1, 0.15) is 0 Å². The van der Waals surface area contributed by atoms with Crippen LogP contribution in [0, 0.1) is 0 Å². The van der Waals surface area contributed by atoms with Crippen LogP contribution in [0.5, 0.6) is 0 Å². The van der Waals surface area contributed by atoms with Crippen LogP contribution in [0.3, 0.4) is 0 Å². The summed E-state index contributed by atoms with van der Waals surface area (Å²) in [7, 11) is 0. The third kappa shape index (κ3) is 3.91. The Kier molecular flexibility index (Phi) is 5.90. The lowest BCUT2D eigenvalue weighted by atomic mass is 9.84. The molecule has 0 atom stereocenters. The Morgan fingerprint density at radius 2 is 0.808 bits per heavy atom. The van der Waals surface area contributed by atoms with Crippen molar-refractivity contribution in [2.45, 2.75) is 0 Å². The SMILES string of the molecule is c1ccc2c(c1)ccc1ccc(-c3c4ccccc4c(-c4cc5ccc6sc7ccccc7c6c5c5c4sc4ccccc45)c4ccccc34)cc12. The summed E-state index contributed by atoms with van der Waals surface area (Å²) in [5.41, 5.74) is 5.17. The van der Waals surface area contributed by atoms with Crippen LogP contribution in [-0.4, -0.2) is 0 Å². The smallest absolute Gasteiger partial charge is 0.0440 e. The fourth-order valence-electron chi connectivity index (χ4n) is 9.00. The van der Waals surface area contributed by atoms with Gasteiger partial charge in [-0.1, -0.05) is 140 Å². The van der Waals surface area contributed by atoms with Crippen molar-refractivity contribution in [3.05, 3.63) is 170 Å². The maximum Gasteiger partial charge on any atom is 0.0440 e. The highest BCUT2D eigenvalue weighted by molar-refractivity contribution is 7.27. The first-order valence-electron chi connectivity index (χ1n) is 17.8. The van der Waals surface area contributed by atoms with E-state index in [4.69, 9.17) is 0 Å². The van der Waals surface area contributed by atoms with Gasteiger partial charge in [-0.15, -0.1) is 22.7 Å². The zero-order valence-corrected chi connectivity index (χ0v) is 29.6. The molecule has 2 heteroatoms. The average Bonchev–Trinajstić information content (AvgIpc) is 3.79. The molecule has 0 bridgehead atoms. The Morgan fingerprint density at radius 1 is 0.288 bits per heavy atom. The van der Waals surface area contributed by atoms with Gasteiger partial charge in [0, 0.05) is 51.3 Å². The molecule has 0 amide bonds. The Morgan fingerprint density at radius 3 is 1.52 bits per heavy atom. The van der Waals surface area contributed by atoms with E-state index in [0.29, 0.717) is 0 Å². The minimum atomic E-state index is 1.25. The van der Waals surface area contributed by atoms with Crippen molar-refractivity contribution in [2.75, 3.05) is 0 Å². The van der Waals surface area contributed by atoms with Crippen LogP contribution in [-0.2, 0) is 0 Å². The molecule has 0 unspecified atom stereocenters. The van der Waals surface area contributed by atoms with Gasteiger partial charge in [0.05, 0.1) is 0 Å². The molecule has 2 aromatic heterocycles. The second-order valence-electron chi connectivity index (χ2n) is 13.9. The molecule has 10 aromatic carbocycles. The lowest BCUT2D eigenvalue weighted by molar-refractivity contribution is 1.70. The van der Waals surface area contributed by atoms with Gasteiger partial charge in [0.2, 0.25) is 0 Å². The quantitative estimate of drug-likeness (QED) is 0.125. The van der Waals surface area contributed by atoms with Gasteiger partial charge in [-0.3, -0.25) is 0 Å². The van der Waals surface area contributed by atoms with Crippen molar-refractivity contribution in [2.24, 2.45) is 0 Å². The van der Waals surface area contributed by atoms with Crippen molar-refractivity contribution in [1.29, 1.82) is 0 Å². The molecule has 2 heterocycles. The van der Waals surface area contributed by atoms with Crippen LogP contribution >= 0.6 is 22.7 Å². The molecule has 0 saturated carbocycles. The Hall–Kier alpha value is -6.06. The molecule has 0 fully saturated rings. The van der Waals surface area contributed by atoms with E-state index < -0.39 is 0 Å². The Bertz CT molecular complexity index is 3410. The lowest BCUT2D eigenvalue weighted by Gasteiger charge is -2.19. The predicted molar refractivity (Wildman–Crippen MR) is 231 cm³/mol. The molecule has 0 aliphatic heterocycles. The number of thiophene rings is 2. The van der Waals surface area contributed by atoms with Gasteiger partial charge in [0.25, 0.3) is 0 Å². The first kappa shape index (κ1) is 28.6. The highest BCUT2D eigenvalue weighted by Gasteiger charge is 2.23. The van der Waals surface area contributed by atoms with Crippen LogP contribution < -0.4 is 0 Å². The highest BCUT2D eigenvalue weighted by Crippen LogP contribution is 2.52. The molecule has 12 aromatic rings. The summed E-state index contributed by atoms with van der Waals surface area (Å²) < 4.78 is 5.38. The Balaban J connectivity index is 1.24. The second-order valence-corrected chi connectivity index (χ2v) is 16.1. The van der Waals surface area contributed by atoms with Crippen LogP contribution in [0.2, 0.25) is 0 Å². The van der Waals surface area contributed by atoms with E-state index in [1.54, 1.807) is 0 Å². The summed E-state index contributed by atoms with van der Waals surface area (Å²) in [5.74, 6) is 0. The summed E-state index contributed by atoms with van der Waals surface area (Å²) in [4.78, 5) is 0. The van der Waals surface area contributed by atoms with Gasteiger partial charge in [-0.25, -0.2) is 0 Å². The molecule has 12 rings (SSSR count). The molecule has 0 aliphatic rings. The minimum Gasteiger partial charge on any atom is -0.135 e. The molecule has 240 valence electrons. The first-order chi connectivity index (χ1) is 25.8. The number of fused-ring (bicyclic) bond motifs is 14. The fourth-order valence-corrected chi connectivity index (χ4v) is 11.3. The Labute approximate surface area is 307 Å². The van der Waals surface area contributed by atoms with Gasteiger partial charge >= 0.3 is 0 Å². The normalized spacial score (nSPS) is 12.2. The van der Waals surface area contributed by atoms with Gasteiger partial charge in [-0.2, -0.15) is 0 Å². The number of rotatable bonds is 2. The van der Waals surface area contributed by atoms with Crippen molar-refractivity contribution in [3.63, 3.8) is 0 Å². The summed E-state index contributed by atoms with van der Waals surface area (Å²) >= 11 is 3.84. The van der Waals surface area contributed by atoms with Crippen molar-refractivity contribution in [3.8, 4) is 22.3 Å². The van der Waals surface area contributed by atoms with Crippen LogP contribution in [0.4, 0.5) is 0 Å². The molecule has 0 saturated heterocycles. The van der Waals surface area contributed by atoms with Gasteiger partial charge in [-0.05, 0) is 95.5 Å². The highest BCUT2D eigenvalue weighted by atomic mass is 32.1. The fraction of sp³-hybridized carbons (Fsp3) is 0. The molecule has 0 N–H and O–H groups in total. The second kappa shape index (κ2) is 10.7. The van der Waals surface area contributed by atoms with E-state index in [9.17, 15) is 0 Å². The summed E-state index contributed by atoms with van der Waals surface area (Å²) in [6.45, 7) is 0. The zero-order chi connectivity index (χ0) is 33.9. The number of benzene rings is 10. The van der Waals surface area contributed by atoms with E-state index in [0.717, 1.165) is 0 Å². The summed E-state index contributed by atoms with van der Waals surface area (Å²) in [6.07, 6.45) is 0. The molecular weight excluding hydrogens is 665 g/mol. The topological polar surface area (TPSA) is 0 Å². The molecule has 0 radical (unpaired) electrons. The zero-order valence-electron chi connectivity index (χ0n) is 28.0. The summed E-state index contributed by atoms with van der Waals surface area (Å²) in [5, 5.41) is 18.4. The third-order valence-electron chi connectivity index (χ3n) is 11.2. The average molecular weight is 693 g/mol. The lowest BCUT2D eigenvalue weighted by Crippen LogP contribution is -1.92. The minimum absolute atomic E-state index is 1.25. The monoisotopic (exact) mass is 692 g/mol. The van der Waals surface area contributed by atoms with E-state index >= 15 is 0 Å². The van der Waals surface area contributed by atoms with E-state index in [-0.39, 0.29) is 0 Å². The van der Waals surface area contributed by atoms with E-state index in [1.807, 2.05) is 22.7 Å². The van der Waals surface area contributed by atoms with Crippen molar-refractivity contribution in [1.82, 2.24) is 0 Å². The van der Waals surface area contributed by atoms with E-state index in [1.165, 1.54) is 116 Å². The third-order valence-corrected chi connectivity index (χ3v) is 13.5. The molecule has 52 heavy (non-hydrogen) atoms. The maximum absolute atomic E-state index is 2.50. The van der Waals surface area contributed by atoms with E-state index in [2.05, 4.69) is 170 Å². The molecular formula is C50H28S2. The molecule has 0 spiro atoms. The molecule has 0 nitrogen and oxygen atoms in total. The summed E-state index contributed by atoms with van der Waals surface area (Å²) in [6, 6.07) is 63.6. The van der Waals surface area contributed by atoms with Gasteiger partial charge in [0.15, 0.2) is 0 Å². The van der Waals surface area contributed by atoms with Crippen LogP contribution in [0.25, 0.3) is 116 Å². The predicted octanol–water partition coefficient (Wildman–Crippen LogP) is 15.5. The number of hydrogen-bond acceptors (Lipinski definition) is 2. The van der Waals surface area contributed by atoms with Gasteiger partial charge < -0.3 is 0 Å². The standard InChI is InChI=1S/C50H28S2/c1-2-12-33-29(11-1)21-22-30-23-24-31(27-40(30)33)45-34-13-3-5-15-36(34)47(37-16-6-4-14-35(37)45)41-28-32-25-26-44-48(38-17-7-9-19-42(38)51-44)46(32)49-39-18-8-10-20-43(39)52-50(41)49/h1-28H. The van der Waals surface area contributed by atoms with Crippen LogP contribution in [0.1, 0.15) is 0 Å². The van der Waals surface area contributed by atoms with Crippen molar-refractivity contribution < 1.29 is 0 Å². The largest absolute Gasteiger partial charge is 0.135 e. The number of hydrogen-bond donors (Lipinski definition) is 0. The first-order valence-corrected chi connectivity index (χ1v) is 19.5. The molecule has 0 aliphatic carbocycles. The van der Waals surface area contributed by atoms with Crippen molar-refractivity contribution >= 4 is 117 Å². The maximum atomic E-state index is 2.50. The van der Waals surface area contributed by atoms with Crippen LogP contribution in [0.15, 0.2) is 170 Å².